The summed E-state index contributed by atoms with van der Waals surface area (Å²) in [5.74, 6) is -2.89. The largest absolute Gasteiger partial charge is 0.480 e. The molecule has 0 aliphatic carbocycles. The first-order valence-electron chi connectivity index (χ1n) is 8.36. The van der Waals surface area contributed by atoms with Gasteiger partial charge < -0.3 is 10.5 Å². The molecular formula is C17H17ClF4N8OS2. The van der Waals surface area contributed by atoms with E-state index >= 15 is 0 Å². The highest BCUT2D eigenvalue weighted by Crippen LogP contribution is 2.37. The van der Waals surface area contributed by atoms with Crippen LogP contribution in [-0.4, -0.2) is 55.4 Å². The second-order valence-electron chi connectivity index (χ2n) is 5.55. The van der Waals surface area contributed by atoms with Crippen LogP contribution in [0.3, 0.4) is 0 Å². The molecule has 0 saturated heterocycles. The van der Waals surface area contributed by atoms with Gasteiger partial charge in [-0.05, 0) is 12.5 Å². The molecular weight excluding hydrogens is 508 g/mol. The minimum atomic E-state index is -4.95. The molecule has 0 spiro atoms. The molecule has 3 rings (SSSR count). The van der Waals surface area contributed by atoms with E-state index in [1.165, 1.54) is 35.9 Å². The summed E-state index contributed by atoms with van der Waals surface area (Å²) >= 11 is 2.73. The molecule has 33 heavy (non-hydrogen) atoms. The number of aromatic nitrogens is 6. The van der Waals surface area contributed by atoms with Crippen molar-refractivity contribution in [3.8, 4) is 17.3 Å². The van der Waals surface area contributed by atoms with Crippen LogP contribution in [0.1, 0.15) is 11.1 Å². The van der Waals surface area contributed by atoms with Crippen molar-refractivity contribution >= 4 is 41.8 Å². The molecule has 0 unspecified atom stereocenters. The first-order valence-corrected chi connectivity index (χ1v) is 10.8. The molecule has 9 nitrogen and oxygen atoms in total. The fraction of sp³-hybridized carbons (Fsp3) is 0.235. The van der Waals surface area contributed by atoms with E-state index in [0.29, 0.717) is 15.9 Å². The Hall–Kier alpha value is -2.78. The maximum atomic E-state index is 13.6. The molecule has 0 aliphatic heterocycles. The number of ether oxygens (including phenoxy) is 1. The van der Waals surface area contributed by atoms with E-state index in [9.17, 15) is 17.6 Å². The predicted molar refractivity (Wildman–Crippen MR) is 118 cm³/mol. The zero-order valence-electron chi connectivity index (χ0n) is 17.2. The molecule has 0 aromatic carbocycles. The van der Waals surface area contributed by atoms with E-state index in [4.69, 9.17) is 11.1 Å². The minimum absolute atomic E-state index is 0. The van der Waals surface area contributed by atoms with Crippen LogP contribution in [0.2, 0.25) is 0 Å². The number of methoxy groups -OCH3 is 1. The molecule has 0 atom stereocenters. The lowest BCUT2D eigenvalue weighted by Gasteiger charge is -2.12. The molecule has 0 amide bonds. The van der Waals surface area contributed by atoms with Crippen molar-refractivity contribution in [3.05, 3.63) is 41.9 Å². The maximum absolute atomic E-state index is 13.6. The summed E-state index contributed by atoms with van der Waals surface area (Å²) in [6.45, 7) is 0. The number of thioether (sulfide) groups is 2. The van der Waals surface area contributed by atoms with E-state index in [1.807, 2.05) is 6.26 Å². The number of nitrogens with one attached hydrogen (secondary N) is 1. The molecule has 3 aromatic rings. The smallest absolute Gasteiger partial charge is 0.426 e. The predicted octanol–water partition coefficient (Wildman–Crippen LogP) is 3.73. The lowest BCUT2D eigenvalue weighted by atomic mass is 10.2. The van der Waals surface area contributed by atoms with Crippen LogP contribution in [-0.2, 0) is 6.18 Å². The number of rotatable bonds is 5. The van der Waals surface area contributed by atoms with Crippen molar-refractivity contribution < 1.29 is 22.3 Å². The number of hydrogen-bond donors (Lipinski definition) is 2. The molecule has 0 bridgehead atoms. The minimum Gasteiger partial charge on any atom is -0.480 e. The Balaban J connectivity index is 0.000000385. The topological polar surface area (TPSA) is 136 Å². The quantitative estimate of drug-likeness (QED) is 0.127. The summed E-state index contributed by atoms with van der Waals surface area (Å²) < 4.78 is 56.2. The van der Waals surface area contributed by atoms with Gasteiger partial charge in [0.1, 0.15) is 5.84 Å². The third-order valence-corrected chi connectivity index (χ3v) is 4.65. The highest BCUT2D eigenvalue weighted by Gasteiger charge is 2.40. The van der Waals surface area contributed by atoms with Gasteiger partial charge >= 0.3 is 6.18 Å². The highest BCUT2D eigenvalue weighted by molar-refractivity contribution is 7.98. The fourth-order valence-electron chi connectivity index (χ4n) is 2.03. The van der Waals surface area contributed by atoms with Gasteiger partial charge in [0.2, 0.25) is 11.8 Å². The Morgan fingerprint density at radius 2 is 1.45 bits per heavy atom. The maximum Gasteiger partial charge on any atom is 0.426 e. The van der Waals surface area contributed by atoms with Crippen molar-refractivity contribution in [3.63, 3.8) is 0 Å². The van der Waals surface area contributed by atoms with Crippen LogP contribution in [0.5, 0.6) is 5.88 Å². The van der Waals surface area contributed by atoms with Gasteiger partial charge in [-0.3, -0.25) is 5.41 Å². The monoisotopic (exact) mass is 524 g/mol. The molecule has 0 radical (unpaired) electrons. The number of nitrogen functional groups attached to an aromatic ring is 1. The lowest BCUT2D eigenvalue weighted by molar-refractivity contribution is -0.142. The average molecular weight is 525 g/mol. The summed E-state index contributed by atoms with van der Waals surface area (Å²) in [5.41, 5.74) is 4.30. The standard InChI is InChI=1S/C11H8F4N4OS.C6H8N4S.ClH/c1-20-9-6(11(13,14)15)7(12)18-8(19-9)5-3-16-10(21-2)17-4-5;1-11-6-9-2-4(3-10-6)5(7)8;/h3-4H,1-2H3;2-3H,1H3,(H3,7,8);1H. The van der Waals surface area contributed by atoms with Crippen molar-refractivity contribution in [2.45, 2.75) is 16.5 Å². The molecule has 3 N–H and O–H groups in total. The Bertz CT molecular complexity index is 1070. The van der Waals surface area contributed by atoms with E-state index in [1.54, 1.807) is 18.6 Å². The summed E-state index contributed by atoms with van der Waals surface area (Å²) in [7, 11) is 0.966. The highest BCUT2D eigenvalue weighted by atomic mass is 35.5. The molecule has 0 saturated carbocycles. The number of halogens is 5. The van der Waals surface area contributed by atoms with E-state index in [2.05, 4.69) is 34.6 Å². The fourth-order valence-corrected chi connectivity index (χ4v) is 2.66. The van der Waals surface area contributed by atoms with Gasteiger partial charge in [0.25, 0.3) is 0 Å². The van der Waals surface area contributed by atoms with Gasteiger partial charge in [-0.2, -0.15) is 27.5 Å². The average Bonchev–Trinajstić information content (AvgIpc) is 2.78. The van der Waals surface area contributed by atoms with Gasteiger partial charge in [-0.15, -0.1) is 12.4 Å². The zero-order chi connectivity index (χ0) is 23.9. The Kier molecular flexibility index (Phi) is 10.7. The van der Waals surface area contributed by atoms with Crippen molar-refractivity contribution in [2.75, 3.05) is 19.6 Å². The van der Waals surface area contributed by atoms with Crippen LogP contribution in [0, 0.1) is 11.4 Å². The summed E-state index contributed by atoms with van der Waals surface area (Å²) in [5, 5.41) is 8.20. The molecule has 178 valence electrons. The van der Waals surface area contributed by atoms with Crippen LogP contribution < -0.4 is 10.5 Å². The van der Waals surface area contributed by atoms with E-state index < -0.39 is 23.6 Å². The van der Waals surface area contributed by atoms with Crippen molar-refractivity contribution in [1.82, 2.24) is 29.9 Å². The molecule has 3 heterocycles. The Labute approximate surface area is 200 Å². The Morgan fingerprint density at radius 3 is 1.85 bits per heavy atom. The molecule has 3 aromatic heterocycles. The second kappa shape index (κ2) is 12.5. The van der Waals surface area contributed by atoms with Gasteiger partial charge in [0, 0.05) is 24.8 Å². The number of nitrogens with two attached hydrogens (primary N) is 1. The van der Waals surface area contributed by atoms with Gasteiger partial charge in [-0.1, -0.05) is 23.5 Å². The van der Waals surface area contributed by atoms with Crippen molar-refractivity contribution in [2.24, 2.45) is 5.73 Å². The SMILES string of the molecule is COc1nc(-c2cnc(SC)nc2)nc(F)c1C(F)(F)F.CSc1ncc(C(=N)N)cn1.Cl. The van der Waals surface area contributed by atoms with E-state index in [-0.39, 0.29) is 29.6 Å². The summed E-state index contributed by atoms with van der Waals surface area (Å²) in [6, 6.07) is 0. The first-order chi connectivity index (χ1) is 15.1. The first kappa shape index (κ1) is 28.3. The van der Waals surface area contributed by atoms with E-state index in [0.717, 1.165) is 7.11 Å². The lowest BCUT2D eigenvalue weighted by Crippen LogP contribution is -2.14. The third kappa shape index (κ3) is 7.64. The molecule has 0 aliphatic rings. The number of hydrogen-bond acceptors (Lipinski definition) is 10. The van der Waals surface area contributed by atoms with Gasteiger partial charge in [0.05, 0.1) is 18.2 Å². The third-order valence-electron chi connectivity index (χ3n) is 3.50. The second-order valence-corrected chi connectivity index (χ2v) is 7.10. The van der Waals surface area contributed by atoms with Crippen LogP contribution in [0.4, 0.5) is 17.6 Å². The summed E-state index contributed by atoms with van der Waals surface area (Å²) in [4.78, 5) is 22.5. The van der Waals surface area contributed by atoms with Crippen LogP contribution in [0.25, 0.3) is 11.4 Å². The van der Waals surface area contributed by atoms with Gasteiger partial charge in [0.15, 0.2) is 21.7 Å². The zero-order valence-corrected chi connectivity index (χ0v) is 19.7. The van der Waals surface area contributed by atoms with Gasteiger partial charge in [-0.25, -0.2) is 19.9 Å². The van der Waals surface area contributed by atoms with Crippen LogP contribution >= 0.6 is 35.9 Å². The van der Waals surface area contributed by atoms with Crippen LogP contribution in [0.15, 0.2) is 35.1 Å². The molecule has 0 fully saturated rings. The number of nitrogens with zero attached hydrogens (tertiary/aromatic N) is 6. The molecule has 16 heteroatoms. The number of alkyl halides is 3. The van der Waals surface area contributed by atoms with Crippen molar-refractivity contribution in [1.29, 1.82) is 5.41 Å². The Morgan fingerprint density at radius 1 is 0.970 bits per heavy atom. The normalized spacial score (nSPS) is 10.5. The number of amidine groups is 1. The summed E-state index contributed by atoms with van der Waals surface area (Å²) in [6.07, 6.45) is 4.37.